The smallest absolute Gasteiger partial charge is 0.251 e. The van der Waals surface area contributed by atoms with Crippen LogP contribution in [0.2, 0.25) is 5.02 Å². The van der Waals surface area contributed by atoms with Crippen LogP contribution in [0.3, 0.4) is 0 Å². The molecule has 1 aromatic carbocycles. The number of benzene rings is 1. The fourth-order valence-corrected chi connectivity index (χ4v) is 1.81. The van der Waals surface area contributed by atoms with E-state index in [0.717, 1.165) is 11.1 Å². The van der Waals surface area contributed by atoms with Gasteiger partial charge in [-0.25, -0.2) is 0 Å². The second-order valence-corrected chi connectivity index (χ2v) is 4.45. The summed E-state index contributed by atoms with van der Waals surface area (Å²) in [7, 11) is 0. The van der Waals surface area contributed by atoms with Gasteiger partial charge >= 0.3 is 0 Å². The molecule has 0 aliphatic carbocycles. The number of nitrogen functional groups attached to an aromatic ring is 1. The Labute approximate surface area is 104 Å². The minimum Gasteiger partial charge on any atom is -0.398 e. The zero-order chi connectivity index (χ0) is 12.4. The van der Waals surface area contributed by atoms with Crippen LogP contribution in [0.5, 0.6) is 0 Å². The zero-order valence-electron chi connectivity index (χ0n) is 9.48. The summed E-state index contributed by atoms with van der Waals surface area (Å²) >= 11 is 5.82. The first-order valence-electron chi connectivity index (χ1n) is 5.27. The van der Waals surface area contributed by atoms with Crippen molar-refractivity contribution in [2.75, 3.05) is 5.73 Å². The molecule has 0 aliphatic heterocycles. The molecule has 0 atom stereocenters. The molecule has 0 aliphatic rings. The lowest BCUT2D eigenvalue weighted by Crippen LogP contribution is -2.19. The van der Waals surface area contributed by atoms with Crippen molar-refractivity contribution in [1.29, 1.82) is 0 Å². The van der Waals surface area contributed by atoms with E-state index in [0.29, 0.717) is 17.3 Å². The maximum absolute atomic E-state index is 11.7. The number of halogens is 1. The van der Waals surface area contributed by atoms with Gasteiger partial charge in [0.15, 0.2) is 0 Å². The molecule has 1 aromatic heterocycles. The van der Waals surface area contributed by atoms with Gasteiger partial charge in [0, 0.05) is 23.0 Å². The number of aromatic nitrogens is 1. The van der Waals surface area contributed by atoms with Crippen LogP contribution in [-0.4, -0.2) is 4.57 Å². The van der Waals surface area contributed by atoms with E-state index in [9.17, 15) is 4.79 Å². The minimum absolute atomic E-state index is 0.0284. The molecule has 0 saturated heterocycles. The Kier molecular flexibility index (Phi) is 3.20. The van der Waals surface area contributed by atoms with E-state index in [1.165, 1.54) is 0 Å². The van der Waals surface area contributed by atoms with Crippen molar-refractivity contribution in [3.8, 4) is 0 Å². The van der Waals surface area contributed by atoms with Crippen LogP contribution >= 0.6 is 11.6 Å². The third kappa shape index (κ3) is 2.68. The molecule has 88 valence electrons. The zero-order valence-corrected chi connectivity index (χ0v) is 10.2. The van der Waals surface area contributed by atoms with Gasteiger partial charge in [0.05, 0.1) is 6.54 Å². The fraction of sp³-hybridized carbons (Fsp3) is 0.154. The van der Waals surface area contributed by atoms with Gasteiger partial charge in [0.1, 0.15) is 0 Å². The van der Waals surface area contributed by atoms with Crippen LogP contribution in [0.1, 0.15) is 11.1 Å². The highest BCUT2D eigenvalue weighted by atomic mass is 35.5. The normalized spacial score (nSPS) is 10.5. The van der Waals surface area contributed by atoms with Gasteiger partial charge < -0.3 is 10.3 Å². The molecule has 0 fully saturated rings. The second kappa shape index (κ2) is 4.63. The van der Waals surface area contributed by atoms with E-state index in [4.69, 9.17) is 17.3 Å². The molecular formula is C13H13ClN2O. The number of hydrogen-bond acceptors (Lipinski definition) is 2. The second-order valence-electron chi connectivity index (χ2n) is 4.01. The lowest BCUT2D eigenvalue weighted by molar-refractivity contribution is 0.759. The lowest BCUT2D eigenvalue weighted by Gasteiger charge is -2.08. The van der Waals surface area contributed by atoms with Crippen LogP contribution in [0.15, 0.2) is 41.3 Å². The maximum Gasteiger partial charge on any atom is 0.251 e. The summed E-state index contributed by atoms with van der Waals surface area (Å²) < 4.78 is 1.62. The van der Waals surface area contributed by atoms with Gasteiger partial charge in [0.2, 0.25) is 0 Å². The first-order valence-corrected chi connectivity index (χ1v) is 5.65. The number of anilines is 1. The largest absolute Gasteiger partial charge is 0.398 e. The molecule has 0 amide bonds. The first-order chi connectivity index (χ1) is 8.06. The average Bonchev–Trinajstić information content (AvgIpc) is 2.25. The van der Waals surface area contributed by atoms with Crippen LogP contribution < -0.4 is 11.3 Å². The average molecular weight is 249 g/mol. The molecule has 0 bridgehead atoms. The molecule has 0 radical (unpaired) electrons. The summed E-state index contributed by atoms with van der Waals surface area (Å²) in [5.41, 5.74) is 8.27. The maximum atomic E-state index is 11.7. The third-order valence-electron chi connectivity index (χ3n) is 2.60. The number of aryl methyl sites for hydroxylation is 1. The number of rotatable bonds is 2. The molecule has 0 saturated carbocycles. The van der Waals surface area contributed by atoms with E-state index < -0.39 is 0 Å². The minimum atomic E-state index is -0.0284. The summed E-state index contributed by atoms with van der Waals surface area (Å²) in [5, 5.41) is 0.600. The van der Waals surface area contributed by atoms with E-state index in [1.807, 2.05) is 19.1 Å². The Morgan fingerprint density at radius 3 is 2.71 bits per heavy atom. The topological polar surface area (TPSA) is 48.0 Å². The highest BCUT2D eigenvalue weighted by Gasteiger charge is 2.02. The van der Waals surface area contributed by atoms with Crippen molar-refractivity contribution in [3.05, 3.63) is 63.0 Å². The van der Waals surface area contributed by atoms with E-state index in [2.05, 4.69) is 0 Å². The summed E-state index contributed by atoms with van der Waals surface area (Å²) in [6.07, 6.45) is 1.77. The Bertz CT molecular complexity index is 605. The molecule has 2 N–H and O–H groups in total. The number of pyridine rings is 1. The Hall–Kier alpha value is -1.74. The summed E-state index contributed by atoms with van der Waals surface area (Å²) in [6, 6.07) is 8.80. The van der Waals surface area contributed by atoms with Crippen molar-refractivity contribution in [2.45, 2.75) is 13.5 Å². The Balaban J connectivity index is 2.35. The Morgan fingerprint density at radius 1 is 1.29 bits per heavy atom. The van der Waals surface area contributed by atoms with Crippen LogP contribution in [0.4, 0.5) is 5.69 Å². The highest BCUT2D eigenvalue weighted by molar-refractivity contribution is 6.30. The van der Waals surface area contributed by atoms with Gasteiger partial charge in [-0.1, -0.05) is 17.7 Å². The molecule has 2 aromatic rings. The molecule has 1 heterocycles. The van der Waals surface area contributed by atoms with Gasteiger partial charge in [-0.3, -0.25) is 4.79 Å². The summed E-state index contributed by atoms with van der Waals surface area (Å²) in [4.78, 5) is 11.7. The van der Waals surface area contributed by atoms with Crippen LogP contribution in [0, 0.1) is 6.92 Å². The summed E-state index contributed by atoms with van der Waals surface area (Å²) in [6.45, 7) is 2.35. The lowest BCUT2D eigenvalue weighted by atomic mass is 10.2. The first kappa shape index (κ1) is 11.7. The van der Waals surface area contributed by atoms with Crippen LogP contribution in [0.25, 0.3) is 0 Å². The van der Waals surface area contributed by atoms with Gasteiger partial charge in [-0.05, 0) is 36.2 Å². The van der Waals surface area contributed by atoms with Crippen LogP contribution in [-0.2, 0) is 6.54 Å². The SMILES string of the molecule is Cc1ccn(Cc2ccc(Cl)cc2N)c(=O)c1. The monoisotopic (exact) mass is 248 g/mol. The standard InChI is InChI=1S/C13H13ClN2O/c1-9-4-5-16(13(17)6-9)8-10-2-3-11(14)7-12(10)15/h2-7H,8,15H2,1H3. The predicted octanol–water partition coefficient (Wildman–Crippen LogP) is 2.44. The highest BCUT2D eigenvalue weighted by Crippen LogP contribution is 2.18. The van der Waals surface area contributed by atoms with E-state index in [-0.39, 0.29) is 5.56 Å². The van der Waals surface area contributed by atoms with Crippen molar-refractivity contribution in [2.24, 2.45) is 0 Å². The molecule has 0 unspecified atom stereocenters. The van der Waals surface area contributed by atoms with Crippen molar-refractivity contribution < 1.29 is 0 Å². The van der Waals surface area contributed by atoms with Crippen molar-refractivity contribution in [1.82, 2.24) is 4.57 Å². The number of nitrogens with zero attached hydrogens (tertiary/aromatic N) is 1. The van der Waals surface area contributed by atoms with E-state index >= 15 is 0 Å². The van der Waals surface area contributed by atoms with Gasteiger partial charge in [-0.15, -0.1) is 0 Å². The van der Waals surface area contributed by atoms with E-state index in [1.54, 1.807) is 29.0 Å². The number of nitrogens with two attached hydrogens (primary N) is 1. The van der Waals surface area contributed by atoms with Crippen molar-refractivity contribution >= 4 is 17.3 Å². The number of hydrogen-bond donors (Lipinski definition) is 1. The summed E-state index contributed by atoms with van der Waals surface area (Å²) in [5.74, 6) is 0. The molecule has 0 spiro atoms. The molecule has 17 heavy (non-hydrogen) atoms. The molecule has 3 nitrogen and oxygen atoms in total. The fourth-order valence-electron chi connectivity index (χ4n) is 1.63. The molecule has 2 rings (SSSR count). The molecule has 4 heteroatoms. The van der Waals surface area contributed by atoms with Gasteiger partial charge in [0.25, 0.3) is 5.56 Å². The third-order valence-corrected chi connectivity index (χ3v) is 2.84. The Morgan fingerprint density at radius 2 is 2.06 bits per heavy atom. The predicted molar refractivity (Wildman–Crippen MR) is 70.4 cm³/mol. The molecular weight excluding hydrogens is 236 g/mol. The quantitative estimate of drug-likeness (QED) is 0.830. The van der Waals surface area contributed by atoms with Gasteiger partial charge in [-0.2, -0.15) is 0 Å². The van der Waals surface area contributed by atoms with Crippen molar-refractivity contribution in [3.63, 3.8) is 0 Å².